The number of anilines is 1. The van der Waals surface area contributed by atoms with Crippen LogP contribution in [0.15, 0.2) is 42.0 Å². The highest BCUT2D eigenvalue weighted by Crippen LogP contribution is 2.30. The lowest BCUT2D eigenvalue weighted by molar-refractivity contribution is -0.137. The first kappa shape index (κ1) is 18.0. The Balaban J connectivity index is 1.37. The number of hydrogen-bond donors (Lipinski definition) is 1. The molecule has 0 unspecified atom stereocenters. The Labute approximate surface area is 158 Å². The van der Waals surface area contributed by atoms with Crippen LogP contribution < -0.4 is 4.90 Å². The minimum Gasteiger partial charge on any atom is -0.354 e. The van der Waals surface area contributed by atoms with Gasteiger partial charge in [-0.25, -0.2) is 4.98 Å². The molecule has 1 aliphatic heterocycles. The van der Waals surface area contributed by atoms with Gasteiger partial charge in [0.15, 0.2) is 0 Å². The maximum Gasteiger partial charge on any atom is 0.417 e. The number of nitrogens with zero attached hydrogens (tertiary/aromatic N) is 4. The molecule has 1 N–H and O–H groups in total. The topological polar surface area (TPSA) is 48.0 Å². The Bertz CT molecular complexity index is 865. The molecule has 3 aromatic rings. The Morgan fingerprint density at radius 2 is 1.93 bits per heavy atom. The van der Waals surface area contributed by atoms with Crippen LogP contribution in [0.5, 0.6) is 0 Å². The number of piperazine rings is 1. The van der Waals surface area contributed by atoms with Gasteiger partial charge in [-0.05, 0) is 23.6 Å². The molecule has 27 heavy (non-hydrogen) atoms. The van der Waals surface area contributed by atoms with E-state index < -0.39 is 11.7 Å². The molecule has 0 saturated carbocycles. The highest BCUT2D eigenvalue weighted by Gasteiger charge is 2.31. The second-order valence-electron chi connectivity index (χ2n) is 6.40. The predicted molar refractivity (Wildman–Crippen MR) is 98.6 cm³/mol. The minimum absolute atomic E-state index is 0.588. The van der Waals surface area contributed by atoms with Gasteiger partial charge in [0.25, 0.3) is 0 Å². The quantitative estimate of drug-likeness (QED) is 0.731. The van der Waals surface area contributed by atoms with Crippen LogP contribution in [0, 0.1) is 0 Å². The van der Waals surface area contributed by atoms with Crippen LogP contribution in [0.25, 0.3) is 10.6 Å². The van der Waals surface area contributed by atoms with Crippen LogP contribution in [0.3, 0.4) is 0 Å². The van der Waals surface area contributed by atoms with E-state index in [0.717, 1.165) is 61.1 Å². The summed E-state index contributed by atoms with van der Waals surface area (Å²) < 4.78 is 38.0. The number of alkyl halides is 3. The minimum atomic E-state index is -4.35. The number of H-pyrrole nitrogens is 1. The highest BCUT2D eigenvalue weighted by atomic mass is 32.1. The van der Waals surface area contributed by atoms with Crippen LogP contribution in [0.1, 0.15) is 11.1 Å². The van der Waals surface area contributed by atoms with Gasteiger partial charge in [-0.3, -0.25) is 10.00 Å². The number of thiophene rings is 1. The number of rotatable bonds is 4. The Hall–Kier alpha value is -2.39. The fourth-order valence-electron chi connectivity index (χ4n) is 3.18. The Morgan fingerprint density at radius 3 is 2.56 bits per heavy atom. The molecule has 3 aromatic heterocycles. The summed E-state index contributed by atoms with van der Waals surface area (Å²) in [4.78, 5) is 9.47. The molecule has 0 bridgehead atoms. The fraction of sp³-hybridized carbons (Fsp3) is 0.333. The molecule has 1 fully saturated rings. The number of aromatic nitrogens is 3. The highest BCUT2D eigenvalue weighted by molar-refractivity contribution is 7.13. The summed E-state index contributed by atoms with van der Waals surface area (Å²) >= 11 is 1.66. The number of hydrogen-bond acceptors (Lipinski definition) is 5. The lowest BCUT2D eigenvalue weighted by Gasteiger charge is -2.35. The van der Waals surface area contributed by atoms with Gasteiger partial charge >= 0.3 is 6.18 Å². The molecule has 0 aromatic carbocycles. The lowest BCUT2D eigenvalue weighted by Crippen LogP contribution is -2.46. The zero-order chi connectivity index (χ0) is 18.9. The number of pyridine rings is 1. The van der Waals surface area contributed by atoms with Gasteiger partial charge in [0.1, 0.15) is 11.5 Å². The molecule has 0 atom stereocenters. The van der Waals surface area contributed by atoms with Crippen molar-refractivity contribution in [2.24, 2.45) is 0 Å². The summed E-state index contributed by atoms with van der Waals surface area (Å²) in [6.07, 6.45) is -1.52. The first-order valence-electron chi connectivity index (χ1n) is 8.58. The van der Waals surface area contributed by atoms with E-state index in [0.29, 0.717) is 5.82 Å². The summed E-state index contributed by atoms with van der Waals surface area (Å²) in [7, 11) is 0. The van der Waals surface area contributed by atoms with Crippen LogP contribution in [-0.4, -0.2) is 46.3 Å². The van der Waals surface area contributed by atoms with Crippen molar-refractivity contribution in [3.63, 3.8) is 0 Å². The van der Waals surface area contributed by atoms with Gasteiger partial charge in [-0.15, -0.1) is 11.3 Å². The summed E-state index contributed by atoms with van der Waals surface area (Å²) in [6, 6.07) is 6.60. The maximum absolute atomic E-state index is 12.7. The molecule has 5 nitrogen and oxygen atoms in total. The smallest absolute Gasteiger partial charge is 0.354 e. The summed E-state index contributed by atoms with van der Waals surface area (Å²) in [5, 5.41) is 9.34. The van der Waals surface area contributed by atoms with Crippen molar-refractivity contribution in [2.45, 2.75) is 12.7 Å². The third-order valence-corrected chi connectivity index (χ3v) is 5.52. The molecule has 142 valence electrons. The van der Waals surface area contributed by atoms with Crippen LogP contribution in [0.4, 0.5) is 19.0 Å². The van der Waals surface area contributed by atoms with Crippen LogP contribution >= 0.6 is 11.3 Å². The van der Waals surface area contributed by atoms with Crippen LogP contribution in [-0.2, 0) is 12.7 Å². The molecule has 9 heteroatoms. The van der Waals surface area contributed by atoms with E-state index in [9.17, 15) is 13.2 Å². The van der Waals surface area contributed by atoms with E-state index >= 15 is 0 Å². The van der Waals surface area contributed by atoms with Gasteiger partial charge < -0.3 is 4.90 Å². The monoisotopic (exact) mass is 393 g/mol. The number of nitrogens with one attached hydrogen (secondary N) is 1. The average Bonchev–Trinajstić information content (AvgIpc) is 3.33. The van der Waals surface area contributed by atoms with Crippen molar-refractivity contribution in [3.8, 4) is 10.6 Å². The Morgan fingerprint density at radius 1 is 1.11 bits per heavy atom. The van der Waals surface area contributed by atoms with Gasteiger partial charge in [0, 0.05) is 50.7 Å². The molecule has 1 aliphatic rings. The third-order valence-electron chi connectivity index (χ3n) is 4.64. The SMILES string of the molecule is FC(F)(F)c1ccc(N2CCN(Cc3c[nH]nc3-c3cccs3)CC2)nc1. The zero-order valence-corrected chi connectivity index (χ0v) is 15.2. The third kappa shape index (κ3) is 3.98. The largest absolute Gasteiger partial charge is 0.417 e. The second-order valence-corrected chi connectivity index (χ2v) is 7.35. The van der Waals surface area contributed by atoms with E-state index in [4.69, 9.17) is 0 Å². The van der Waals surface area contributed by atoms with Crippen molar-refractivity contribution < 1.29 is 13.2 Å². The molecule has 0 aliphatic carbocycles. The predicted octanol–water partition coefficient (Wildman–Crippen LogP) is 3.87. The van der Waals surface area contributed by atoms with Crippen molar-refractivity contribution >= 4 is 17.2 Å². The summed E-state index contributed by atoms with van der Waals surface area (Å²) in [5.74, 6) is 0.588. The molecule has 4 heterocycles. The van der Waals surface area contributed by atoms with Crippen LogP contribution in [0.2, 0.25) is 0 Å². The molecular formula is C18H18F3N5S. The van der Waals surface area contributed by atoms with Crippen molar-refractivity contribution in [3.05, 3.63) is 53.2 Å². The van der Waals surface area contributed by atoms with Gasteiger partial charge in [-0.1, -0.05) is 6.07 Å². The van der Waals surface area contributed by atoms with Crippen molar-refractivity contribution in [2.75, 3.05) is 31.1 Å². The first-order chi connectivity index (χ1) is 13.0. The fourth-order valence-corrected chi connectivity index (χ4v) is 3.93. The van der Waals surface area contributed by atoms with E-state index in [1.54, 1.807) is 11.3 Å². The molecule has 4 rings (SSSR count). The van der Waals surface area contributed by atoms with E-state index in [1.165, 1.54) is 6.07 Å². The average molecular weight is 393 g/mol. The Kier molecular flexibility index (Phi) is 4.88. The molecule has 0 amide bonds. The summed E-state index contributed by atoms with van der Waals surface area (Å²) in [6.45, 7) is 3.88. The number of aromatic amines is 1. The van der Waals surface area contributed by atoms with E-state index in [1.807, 2.05) is 22.5 Å². The van der Waals surface area contributed by atoms with E-state index in [-0.39, 0.29) is 0 Å². The molecule has 1 saturated heterocycles. The maximum atomic E-state index is 12.7. The zero-order valence-electron chi connectivity index (χ0n) is 14.4. The molecular weight excluding hydrogens is 375 g/mol. The number of halogens is 3. The molecule has 0 radical (unpaired) electrons. The van der Waals surface area contributed by atoms with Gasteiger partial charge in [0.2, 0.25) is 0 Å². The lowest BCUT2D eigenvalue weighted by atomic mass is 10.2. The summed E-state index contributed by atoms with van der Waals surface area (Å²) in [5.41, 5.74) is 1.42. The standard InChI is InChI=1S/C18H18F3N5S/c19-18(20,21)14-3-4-16(22-11-14)26-7-5-25(6-8-26)12-13-10-23-24-17(13)15-2-1-9-27-15/h1-4,9-11H,5-8,12H2,(H,23,24). The second kappa shape index (κ2) is 7.32. The van der Waals surface area contributed by atoms with Gasteiger partial charge in [0.05, 0.1) is 10.4 Å². The van der Waals surface area contributed by atoms with Gasteiger partial charge in [-0.2, -0.15) is 18.3 Å². The first-order valence-corrected chi connectivity index (χ1v) is 9.46. The normalized spacial score (nSPS) is 16.0. The van der Waals surface area contributed by atoms with Crippen molar-refractivity contribution in [1.82, 2.24) is 20.1 Å². The van der Waals surface area contributed by atoms with Crippen molar-refractivity contribution in [1.29, 1.82) is 0 Å². The van der Waals surface area contributed by atoms with E-state index in [2.05, 4.69) is 26.1 Å². The molecule has 0 spiro atoms.